The summed E-state index contributed by atoms with van der Waals surface area (Å²) in [5.74, 6) is 0. The van der Waals surface area contributed by atoms with Crippen molar-refractivity contribution in [1.82, 2.24) is 0 Å². The maximum absolute atomic E-state index is 5.43. The summed E-state index contributed by atoms with van der Waals surface area (Å²) >= 11 is 0. The maximum Gasteiger partial charge on any atom is 0.0636 e. The van der Waals surface area contributed by atoms with E-state index in [0.29, 0.717) is 0 Å². The zero-order valence-corrected chi connectivity index (χ0v) is 52.7. The van der Waals surface area contributed by atoms with Gasteiger partial charge < -0.3 is 0 Å². The molecule has 0 bridgehead atoms. The molecule has 2 rings (SSSR count). The third kappa shape index (κ3) is 46.1. The SMILES string of the molecule is CCCCCCCCCCCCCCCCCCCCCCCCCc1cccc(N=C(CCCC)C(CCCCC)=Nc2cccc(CCCCCCCCCCCCCCCCCCCCCCCCC)c2)c1.[Ni]. The minimum atomic E-state index is 0. The summed E-state index contributed by atoms with van der Waals surface area (Å²) in [5.41, 5.74) is 7.55. The van der Waals surface area contributed by atoms with Crippen LogP contribution in [0.4, 0.5) is 11.4 Å². The number of nitrogens with zero attached hydrogens (tertiary/aromatic N) is 2. The molecule has 0 aliphatic heterocycles. The van der Waals surface area contributed by atoms with Crippen molar-refractivity contribution in [2.45, 2.75) is 381 Å². The van der Waals surface area contributed by atoms with Crippen molar-refractivity contribution in [3.05, 3.63) is 59.7 Å². The predicted octanol–water partition coefficient (Wildman–Crippen LogP) is 26.4. The van der Waals surface area contributed by atoms with E-state index in [1.165, 1.54) is 344 Å². The molecule has 0 heterocycles. The Balaban J connectivity index is 0.0000289. The average molecular weight is 1090 g/mol. The number of hydrogen-bond donors (Lipinski definition) is 0. The molecule has 0 unspecified atom stereocenters. The first-order chi connectivity index (χ1) is 37.2. The summed E-state index contributed by atoms with van der Waals surface area (Å²) in [6.07, 6.45) is 76.5. The zero-order chi connectivity index (χ0) is 53.4. The van der Waals surface area contributed by atoms with Crippen LogP contribution < -0.4 is 0 Å². The summed E-state index contributed by atoms with van der Waals surface area (Å²) in [6.45, 7) is 9.24. The van der Waals surface area contributed by atoms with Gasteiger partial charge in [-0.1, -0.05) is 354 Å². The van der Waals surface area contributed by atoms with E-state index in [1.54, 1.807) is 0 Å². The largest absolute Gasteiger partial charge is 0.252 e. The van der Waals surface area contributed by atoms with Gasteiger partial charge in [0.2, 0.25) is 0 Å². The quantitative estimate of drug-likeness (QED) is 0.0358. The molecule has 2 nitrogen and oxygen atoms in total. The van der Waals surface area contributed by atoms with Crippen LogP contribution in [0, 0.1) is 0 Å². The molecule has 2 aromatic rings. The molecule has 76 heavy (non-hydrogen) atoms. The number of rotatable bonds is 58. The monoisotopic (exact) mass is 1090 g/mol. The molecule has 2 aromatic carbocycles. The molecule has 0 aliphatic carbocycles. The van der Waals surface area contributed by atoms with Gasteiger partial charge in [-0.05, 0) is 86.8 Å². The molecule has 0 radical (unpaired) electrons. The zero-order valence-electron chi connectivity index (χ0n) is 51.7. The molecule has 0 amide bonds. The smallest absolute Gasteiger partial charge is 0.0636 e. The Hall–Kier alpha value is -1.73. The van der Waals surface area contributed by atoms with Gasteiger partial charge in [-0.25, -0.2) is 0 Å². The number of aliphatic imine (C=N–C) groups is 2. The number of unbranched alkanes of at least 4 members (excludes halogenated alkanes) is 47. The molecule has 0 saturated heterocycles. The predicted molar refractivity (Wildman–Crippen MR) is 342 cm³/mol. The molecule has 0 aromatic heterocycles. The Morgan fingerprint density at radius 1 is 0.250 bits per heavy atom. The van der Waals surface area contributed by atoms with Crippen LogP contribution in [0.25, 0.3) is 0 Å². The molecule has 0 atom stereocenters. The van der Waals surface area contributed by atoms with Gasteiger partial charge in [0, 0.05) is 16.5 Å². The van der Waals surface area contributed by atoms with Crippen LogP contribution >= 0.6 is 0 Å². The fraction of sp³-hybridized carbons (Fsp3) is 0.808. The van der Waals surface area contributed by atoms with Crippen molar-refractivity contribution < 1.29 is 16.5 Å². The minimum absolute atomic E-state index is 0. The Morgan fingerprint density at radius 3 is 0.711 bits per heavy atom. The Labute approximate surface area is 487 Å². The number of hydrogen-bond acceptors (Lipinski definition) is 2. The Kier molecular flexibility index (Phi) is 55.1. The first kappa shape index (κ1) is 72.3. The molecule has 0 saturated carbocycles. The van der Waals surface area contributed by atoms with Gasteiger partial charge in [0.05, 0.1) is 22.8 Å². The van der Waals surface area contributed by atoms with Crippen LogP contribution in [0.1, 0.15) is 379 Å². The van der Waals surface area contributed by atoms with E-state index in [1.807, 2.05) is 0 Å². The van der Waals surface area contributed by atoms with E-state index in [2.05, 4.69) is 76.2 Å². The van der Waals surface area contributed by atoms with Crippen LogP contribution in [0.3, 0.4) is 0 Å². The maximum atomic E-state index is 5.43. The molecular weight excluding hydrogens is 964 g/mol. The third-order valence-electron chi connectivity index (χ3n) is 16.6. The molecule has 3 heteroatoms. The third-order valence-corrected chi connectivity index (χ3v) is 16.6. The standard InChI is InChI=1S/C73H130N2.Ni/c1-5-9-13-15-17-19-21-23-25-27-29-31-33-35-37-39-41-43-45-47-49-51-54-58-68-60-56-62-70(66-68)74-72(64-12-8-4)73(65-53-11-7-3)75-71-63-57-61-69(67-71)59-55-52-50-48-46-44-42-40-38-36-34-32-30-28-26-24-22-20-18-16-14-10-6-2;/h56-57,60-63,66-67H,5-55,58-59,64-65H2,1-4H3;. The van der Waals surface area contributed by atoms with Crippen molar-refractivity contribution in [3.8, 4) is 0 Å². The van der Waals surface area contributed by atoms with E-state index >= 15 is 0 Å². The summed E-state index contributed by atoms with van der Waals surface area (Å²) in [7, 11) is 0. The van der Waals surface area contributed by atoms with Gasteiger partial charge in [-0.3, -0.25) is 9.98 Å². The van der Waals surface area contributed by atoms with Crippen molar-refractivity contribution in [2.24, 2.45) is 9.98 Å². The van der Waals surface area contributed by atoms with E-state index in [-0.39, 0.29) is 16.5 Å². The summed E-state index contributed by atoms with van der Waals surface area (Å²) < 4.78 is 0. The molecule has 442 valence electrons. The Bertz CT molecular complexity index is 1540. The summed E-state index contributed by atoms with van der Waals surface area (Å²) in [5, 5.41) is 0. The molecule has 0 aliphatic rings. The number of aryl methyl sites for hydroxylation is 2. The van der Waals surface area contributed by atoms with E-state index < -0.39 is 0 Å². The average Bonchev–Trinajstić information content (AvgIpc) is 3.42. The Morgan fingerprint density at radius 2 is 0.461 bits per heavy atom. The van der Waals surface area contributed by atoms with Crippen LogP contribution in [-0.4, -0.2) is 11.4 Å². The van der Waals surface area contributed by atoms with Crippen molar-refractivity contribution >= 4 is 22.8 Å². The minimum Gasteiger partial charge on any atom is -0.252 e. The first-order valence-electron chi connectivity index (χ1n) is 34.5. The van der Waals surface area contributed by atoms with Crippen LogP contribution in [0.5, 0.6) is 0 Å². The second-order valence-corrected chi connectivity index (χ2v) is 24.1. The van der Waals surface area contributed by atoms with E-state index in [9.17, 15) is 0 Å². The molecular formula is C73H130N2Ni. The van der Waals surface area contributed by atoms with Crippen molar-refractivity contribution in [1.29, 1.82) is 0 Å². The van der Waals surface area contributed by atoms with E-state index in [0.717, 1.165) is 43.5 Å². The van der Waals surface area contributed by atoms with E-state index in [4.69, 9.17) is 9.98 Å². The summed E-state index contributed by atoms with van der Waals surface area (Å²) in [4.78, 5) is 10.8. The van der Waals surface area contributed by atoms with Gasteiger partial charge in [0.25, 0.3) is 0 Å². The summed E-state index contributed by atoms with van der Waals surface area (Å²) in [6, 6.07) is 18.3. The molecule has 0 fully saturated rings. The van der Waals surface area contributed by atoms with Gasteiger partial charge in [0.15, 0.2) is 0 Å². The second-order valence-electron chi connectivity index (χ2n) is 24.1. The molecule has 0 N–H and O–H groups in total. The van der Waals surface area contributed by atoms with Gasteiger partial charge >= 0.3 is 0 Å². The fourth-order valence-corrected chi connectivity index (χ4v) is 11.5. The normalized spacial score (nSPS) is 12.0. The first-order valence-corrected chi connectivity index (χ1v) is 34.5. The second kappa shape index (κ2) is 57.9. The molecule has 0 spiro atoms. The van der Waals surface area contributed by atoms with Gasteiger partial charge in [-0.2, -0.15) is 0 Å². The van der Waals surface area contributed by atoms with Gasteiger partial charge in [0.1, 0.15) is 0 Å². The van der Waals surface area contributed by atoms with Crippen molar-refractivity contribution in [2.75, 3.05) is 0 Å². The fourth-order valence-electron chi connectivity index (χ4n) is 11.5. The number of benzene rings is 2. The van der Waals surface area contributed by atoms with Crippen LogP contribution in [-0.2, 0) is 29.3 Å². The van der Waals surface area contributed by atoms with Crippen LogP contribution in [0.15, 0.2) is 58.5 Å². The van der Waals surface area contributed by atoms with Gasteiger partial charge in [-0.15, -0.1) is 0 Å². The topological polar surface area (TPSA) is 24.7 Å². The van der Waals surface area contributed by atoms with Crippen molar-refractivity contribution in [3.63, 3.8) is 0 Å². The van der Waals surface area contributed by atoms with Crippen LogP contribution in [0.2, 0.25) is 0 Å².